The summed E-state index contributed by atoms with van der Waals surface area (Å²) >= 11 is 1.31. The summed E-state index contributed by atoms with van der Waals surface area (Å²) in [6, 6.07) is 3.68. The molecule has 8 heteroatoms. The van der Waals surface area contributed by atoms with Crippen LogP contribution in [0.3, 0.4) is 0 Å². The first kappa shape index (κ1) is 15.0. The highest BCUT2D eigenvalue weighted by Crippen LogP contribution is 2.25. The number of nitrogens with zero attached hydrogens (tertiary/aromatic N) is 2. The average Bonchev–Trinajstić information content (AvgIpc) is 2.85. The van der Waals surface area contributed by atoms with Crippen LogP contribution >= 0.6 is 11.3 Å². The smallest absolute Gasteiger partial charge is 0.228 e. The molecule has 2 heterocycles. The summed E-state index contributed by atoms with van der Waals surface area (Å²) in [6.07, 6.45) is 2.19. The number of thiophene rings is 1. The van der Waals surface area contributed by atoms with Crippen LogP contribution < -0.4 is 5.32 Å². The van der Waals surface area contributed by atoms with Gasteiger partial charge in [-0.3, -0.25) is 4.79 Å². The molecule has 1 aliphatic rings. The van der Waals surface area contributed by atoms with Crippen LogP contribution in [0.1, 0.15) is 18.4 Å². The number of amides is 1. The van der Waals surface area contributed by atoms with Crippen LogP contribution in [0.5, 0.6) is 0 Å². The van der Waals surface area contributed by atoms with E-state index in [0.29, 0.717) is 36.5 Å². The molecular formula is C12H15N3O3S2. The van der Waals surface area contributed by atoms with Gasteiger partial charge in [0.2, 0.25) is 15.9 Å². The van der Waals surface area contributed by atoms with E-state index in [0.717, 1.165) is 0 Å². The van der Waals surface area contributed by atoms with Gasteiger partial charge in [-0.05, 0) is 24.3 Å². The minimum Gasteiger partial charge on any atom is -0.316 e. The molecule has 1 fully saturated rings. The van der Waals surface area contributed by atoms with Gasteiger partial charge in [-0.25, -0.2) is 12.7 Å². The Balaban J connectivity index is 1.95. The number of sulfonamides is 1. The molecule has 6 nitrogen and oxygen atoms in total. The third kappa shape index (κ3) is 3.36. The van der Waals surface area contributed by atoms with Crippen molar-refractivity contribution in [3.05, 3.63) is 17.0 Å². The maximum atomic E-state index is 12.1. The van der Waals surface area contributed by atoms with Crippen molar-refractivity contribution < 1.29 is 13.2 Å². The van der Waals surface area contributed by atoms with E-state index in [1.54, 1.807) is 11.4 Å². The lowest BCUT2D eigenvalue weighted by molar-refractivity contribution is -0.120. The van der Waals surface area contributed by atoms with Gasteiger partial charge in [0.15, 0.2) is 0 Å². The van der Waals surface area contributed by atoms with Crippen molar-refractivity contribution in [2.24, 2.45) is 5.92 Å². The second kappa shape index (κ2) is 5.91. The van der Waals surface area contributed by atoms with Crippen molar-refractivity contribution in [1.82, 2.24) is 4.31 Å². The normalized spacial score (nSPS) is 17.6. The summed E-state index contributed by atoms with van der Waals surface area (Å²) in [5.74, 6) is -0.348. The molecule has 0 unspecified atom stereocenters. The molecule has 1 aromatic heterocycles. The summed E-state index contributed by atoms with van der Waals surface area (Å²) in [5, 5.41) is 13.9. The first-order valence-corrected chi connectivity index (χ1v) is 8.88. The van der Waals surface area contributed by atoms with Crippen LogP contribution in [0.2, 0.25) is 0 Å². The highest BCUT2D eigenvalue weighted by molar-refractivity contribution is 7.88. The van der Waals surface area contributed by atoms with Crippen LogP contribution in [-0.4, -0.2) is 38.0 Å². The Morgan fingerprint density at radius 2 is 2.15 bits per heavy atom. The van der Waals surface area contributed by atoms with E-state index in [2.05, 4.69) is 5.32 Å². The molecule has 1 aromatic rings. The molecule has 1 aliphatic heterocycles. The molecule has 0 aliphatic carbocycles. The fourth-order valence-corrected chi connectivity index (χ4v) is 3.77. The number of nitriles is 1. The van der Waals surface area contributed by atoms with Crippen LogP contribution in [0.15, 0.2) is 11.4 Å². The van der Waals surface area contributed by atoms with Gasteiger partial charge in [-0.1, -0.05) is 0 Å². The first-order valence-electron chi connectivity index (χ1n) is 6.15. The minimum atomic E-state index is -3.17. The fourth-order valence-electron chi connectivity index (χ4n) is 2.16. The van der Waals surface area contributed by atoms with Gasteiger partial charge in [0.25, 0.3) is 0 Å². The van der Waals surface area contributed by atoms with E-state index < -0.39 is 10.0 Å². The van der Waals surface area contributed by atoms with Gasteiger partial charge in [0.1, 0.15) is 11.1 Å². The largest absolute Gasteiger partial charge is 0.316 e. The Hall–Kier alpha value is -1.43. The highest BCUT2D eigenvalue weighted by atomic mass is 32.2. The third-order valence-corrected chi connectivity index (χ3v) is 5.45. The molecule has 0 radical (unpaired) electrons. The number of carbonyl (C=O) groups is 1. The molecule has 0 bridgehead atoms. The van der Waals surface area contributed by atoms with Gasteiger partial charge in [0.05, 0.1) is 11.8 Å². The van der Waals surface area contributed by atoms with Crippen molar-refractivity contribution in [3.63, 3.8) is 0 Å². The fraction of sp³-hybridized carbons (Fsp3) is 0.500. The van der Waals surface area contributed by atoms with Crippen LogP contribution in [-0.2, 0) is 14.8 Å². The third-order valence-electron chi connectivity index (χ3n) is 3.32. The van der Waals surface area contributed by atoms with Crippen molar-refractivity contribution in [2.75, 3.05) is 24.7 Å². The molecule has 0 saturated carbocycles. The number of piperidine rings is 1. The molecule has 108 valence electrons. The summed E-state index contributed by atoms with van der Waals surface area (Å²) in [4.78, 5) is 12.1. The lowest BCUT2D eigenvalue weighted by Gasteiger charge is -2.29. The number of hydrogen-bond acceptors (Lipinski definition) is 5. The molecule has 0 spiro atoms. The number of anilines is 1. The van der Waals surface area contributed by atoms with E-state index in [4.69, 9.17) is 5.26 Å². The second-order valence-corrected chi connectivity index (χ2v) is 7.60. The molecule has 0 atom stereocenters. The molecule has 1 amide bonds. The van der Waals surface area contributed by atoms with Crippen molar-refractivity contribution >= 4 is 32.3 Å². The van der Waals surface area contributed by atoms with E-state index in [1.807, 2.05) is 6.07 Å². The predicted molar refractivity (Wildman–Crippen MR) is 76.8 cm³/mol. The zero-order chi connectivity index (χ0) is 14.8. The quantitative estimate of drug-likeness (QED) is 0.908. The molecular weight excluding hydrogens is 298 g/mol. The van der Waals surface area contributed by atoms with E-state index in [-0.39, 0.29) is 11.8 Å². The number of carbonyl (C=O) groups excluding carboxylic acids is 1. The summed E-state index contributed by atoms with van der Waals surface area (Å²) < 4.78 is 24.2. The van der Waals surface area contributed by atoms with E-state index in [1.165, 1.54) is 21.9 Å². The maximum Gasteiger partial charge on any atom is 0.228 e. The maximum absolute atomic E-state index is 12.1. The summed E-state index contributed by atoms with van der Waals surface area (Å²) in [5.41, 5.74) is 0.455. The van der Waals surface area contributed by atoms with Gasteiger partial charge in [0, 0.05) is 19.0 Å². The van der Waals surface area contributed by atoms with E-state index in [9.17, 15) is 13.2 Å². The number of nitrogens with one attached hydrogen (secondary N) is 1. The predicted octanol–water partition coefficient (Wildman–Crippen LogP) is 1.23. The topological polar surface area (TPSA) is 90.3 Å². The van der Waals surface area contributed by atoms with Crippen LogP contribution in [0, 0.1) is 17.2 Å². The van der Waals surface area contributed by atoms with Gasteiger partial charge < -0.3 is 5.32 Å². The first-order chi connectivity index (χ1) is 9.41. The Morgan fingerprint density at radius 1 is 1.50 bits per heavy atom. The van der Waals surface area contributed by atoms with E-state index >= 15 is 0 Å². The molecule has 2 rings (SSSR count). The Morgan fingerprint density at radius 3 is 2.70 bits per heavy atom. The monoisotopic (exact) mass is 313 g/mol. The van der Waals surface area contributed by atoms with Crippen LogP contribution in [0.4, 0.5) is 5.00 Å². The lowest BCUT2D eigenvalue weighted by atomic mass is 9.97. The Labute approximate surface area is 122 Å². The lowest BCUT2D eigenvalue weighted by Crippen LogP contribution is -2.40. The summed E-state index contributed by atoms with van der Waals surface area (Å²) in [7, 11) is -3.17. The molecule has 1 N–H and O–H groups in total. The Bertz CT molecular complexity index is 637. The molecule has 0 aromatic carbocycles. The molecule has 20 heavy (non-hydrogen) atoms. The van der Waals surface area contributed by atoms with Gasteiger partial charge in [-0.2, -0.15) is 5.26 Å². The SMILES string of the molecule is CS(=O)(=O)N1CCC(C(=O)Nc2sccc2C#N)CC1. The molecule has 1 saturated heterocycles. The van der Waals surface area contributed by atoms with Gasteiger partial charge >= 0.3 is 0 Å². The van der Waals surface area contributed by atoms with Crippen molar-refractivity contribution in [3.8, 4) is 6.07 Å². The number of rotatable bonds is 3. The minimum absolute atomic E-state index is 0.142. The van der Waals surface area contributed by atoms with Crippen molar-refractivity contribution in [1.29, 1.82) is 5.26 Å². The van der Waals surface area contributed by atoms with Gasteiger partial charge in [-0.15, -0.1) is 11.3 Å². The van der Waals surface area contributed by atoms with Crippen molar-refractivity contribution in [2.45, 2.75) is 12.8 Å². The summed E-state index contributed by atoms with van der Waals surface area (Å²) in [6.45, 7) is 0.735. The highest BCUT2D eigenvalue weighted by Gasteiger charge is 2.29. The van der Waals surface area contributed by atoms with Crippen LogP contribution in [0.25, 0.3) is 0 Å². The zero-order valence-corrected chi connectivity index (χ0v) is 12.6. The standard InChI is InChI=1S/C12H15N3O3S2/c1-20(17,18)15-5-2-9(3-6-15)11(16)14-12-10(8-13)4-7-19-12/h4,7,9H,2-3,5-6H2,1H3,(H,14,16). The second-order valence-electron chi connectivity index (χ2n) is 4.70. The average molecular weight is 313 g/mol. The zero-order valence-electron chi connectivity index (χ0n) is 11.0. The number of hydrogen-bond donors (Lipinski definition) is 1. The Kier molecular flexibility index (Phi) is 4.42.